The lowest BCUT2D eigenvalue weighted by molar-refractivity contribution is 0.435. The summed E-state index contributed by atoms with van der Waals surface area (Å²) >= 11 is 0. The maximum absolute atomic E-state index is 5.11. The molecule has 2 heteroatoms. The molecule has 0 saturated heterocycles. The van der Waals surface area contributed by atoms with Crippen molar-refractivity contribution in [2.45, 2.75) is 25.8 Å². The summed E-state index contributed by atoms with van der Waals surface area (Å²) in [4.78, 5) is 4.21. The highest BCUT2D eigenvalue weighted by Crippen LogP contribution is 2.29. The molecule has 1 aromatic carbocycles. The highest BCUT2D eigenvalue weighted by molar-refractivity contribution is 5.54. The molecule has 0 bridgehead atoms. The Bertz CT molecular complexity index is 390. The topological polar surface area (TPSA) is 21.6 Å². The number of aliphatic imine (C=N–C) groups is 1. The van der Waals surface area contributed by atoms with Crippen LogP contribution < -0.4 is 0 Å². The molecular formula is C13H15NO. The van der Waals surface area contributed by atoms with E-state index in [4.69, 9.17) is 4.74 Å². The van der Waals surface area contributed by atoms with E-state index in [1.165, 1.54) is 12.0 Å². The van der Waals surface area contributed by atoms with Gasteiger partial charge in [-0.05, 0) is 17.0 Å². The fraction of sp³-hybridized carbons (Fsp3) is 0.308. The molecule has 1 atom stereocenters. The van der Waals surface area contributed by atoms with E-state index in [-0.39, 0.29) is 6.04 Å². The number of hydrogen-bond acceptors (Lipinski definition) is 2. The molecule has 1 aliphatic rings. The smallest absolute Gasteiger partial charge is 0.177 e. The molecule has 1 aliphatic heterocycles. The van der Waals surface area contributed by atoms with Crippen LogP contribution in [-0.4, -0.2) is 6.40 Å². The summed E-state index contributed by atoms with van der Waals surface area (Å²) in [6.07, 6.45) is 1.46. The second-order valence-electron chi connectivity index (χ2n) is 4.06. The third-order valence-corrected chi connectivity index (χ3v) is 2.64. The predicted octanol–water partition coefficient (Wildman–Crippen LogP) is 3.42. The molecule has 0 fully saturated rings. The van der Waals surface area contributed by atoms with Crippen molar-refractivity contribution in [3.63, 3.8) is 0 Å². The molecule has 2 nitrogen and oxygen atoms in total. The lowest BCUT2D eigenvalue weighted by Gasteiger charge is -2.10. The molecule has 15 heavy (non-hydrogen) atoms. The summed E-state index contributed by atoms with van der Waals surface area (Å²) in [6.45, 7) is 8.19. The minimum Gasteiger partial charge on any atom is -0.448 e. The van der Waals surface area contributed by atoms with Crippen LogP contribution >= 0.6 is 0 Å². The summed E-state index contributed by atoms with van der Waals surface area (Å²) in [5.74, 6) is 1.26. The number of hydrogen-bond donors (Lipinski definition) is 0. The van der Waals surface area contributed by atoms with Crippen molar-refractivity contribution in [2.75, 3.05) is 0 Å². The zero-order valence-corrected chi connectivity index (χ0v) is 9.10. The van der Waals surface area contributed by atoms with Gasteiger partial charge in [-0.25, -0.2) is 4.99 Å². The van der Waals surface area contributed by atoms with Crippen molar-refractivity contribution in [3.8, 4) is 0 Å². The van der Waals surface area contributed by atoms with E-state index in [0.717, 1.165) is 5.56 Å². The first-order valence-corrected chi connectivity index (χ1v) is 5.15. The van der Waals surface area contributed by atoms with Crippen LogP contribution in [0.2, 0.25) is 0 Å². The Morgan fingerprint density at radius 3 is 2.40 bits per heavy atom. The van der Waals surface area contributed by atoms with Crippen LogP contribution in [0.1, 0.15) is 36.9 Å². The molecule has 78 valence electrons. The van der Waals surface area contributed by atoms with Gasteiger partial charge in [-0.2, -0.15) is 0 Å². The van der Waals surface area contributed by atoms with Gasteiger partial charge in [0.05, 0.1) is 0 Å². The number of nitrogens with zero attached hydrogens (tertiary/aromatic N) is 1. The Morgan fingerprint density at radius 1 is 1.27 bits per heavy atom. The first-order chi connectivity index (χ1) is 7.18. The van der Waals surface area contributed by atoms with Crippen LogP contribution in [0.3, 0.4) is 0 Å². The molecule has 1 aromatic rings. The van der Waals surface area contributed by atoms with Gasteiger partial charge in [0.15, 0.2) is 6.40 Å². The van der Waals surface area contributed by atoms with Crippen molar-refractivity contribution in [3.05, 3.63) is 47.7 Å². The molecule has 0 aliphatic carbocycles. The number of rotatable bonds is 2. The van der Waals surface area contributed by atoms with Gasteiger partial charge in [0, 0.05) is 0 Å². The Hall–Kier alpha value is -1.57. The van der Waals surface area contributed by atoms with Gasteiger partial charge in [0.25, 0.3) is 0 Å². The summed E-state index contributed by atoms with van der Waals surface area (Å²) in [6, 6.07) is 8.45. The first kappa shape index (κ1) is 9.97. The van der Waals surface area contributed by atoms with Crippen LogP contribution in [0, 0.1) is 0 Å². The van der Waals surface area contributed by atoms with Gasteiger partial charge in [-0.3, -0.25) is 0 Å². The Balaban J connectivity index is 2.23. The van der Waals surface area contributed by atoms with E-state index in [1.807, 2.05) is 0 Å². The lowest BCUT2D eigenvalue weighted by Crippen LogP contribution is -1.95. The van der Waals surface area contributed by atoms with E-state index < -0.39 is 0 Å². The number of benzene rings is 1. The van der Waals surface area contributed by atoms with E-state index in [9.17, 15) is 0 Å². The van der Waals surface area contributed by atoms with Gasteiger partial charge in [0.2, 0.25) is 0 Å². The van der Waals surface area contributed by atoms with Crippen LogP contribution in [0.5, 0.6) is 0 Å². The minimum atomic E-state index is -0.0220. The Kier molecular flexibility index (Phi) is 2.58. The first-order valence-electron chi connectivity index (χ1n) is 5.15. The van der Waals surface area contributed by atoms with Gasteiger partial charge in [0.1, 0.15) is 11.8 Å². The molecule has 0 N–H and O–H groups in total. The number of ether oxygens (including phenoxy) is 1. The summed E-state index contributed by atoms with van der Waals surface area (Å²) < 4.78 is 5.11. The van der Waals surface area contributed by atoms with Gasteiger partial charge >= 0.3 is 0 Å². The molecule has 2 rings (SSSR count). The fourth-order valence-corrected chi connectivity index (χ4v) is 1.64. The van der Waals surface area contributed by atoms with Crippen LogP contribution in [0.25, 0.3) is 0 Å². The third-order valence-electron chi connectivity index (χ3n) is 2.64. The average Bonchev–Trinajstić information content (AvgIpc) is 2.65. The third kappa shape index (κ3) is 1.94. The molecule has 0 spiro atoms. The minimum absolute atomic E-state index is 0.0220. The molecule has 0 saturated carbocycles. The molecular weight excluding hydrogens is 186 g/mol. The van der Waals surface area contributed by atoms with E-state index in [1.54, 1.807) is 0 Å². The monoisotopic (exact) mass is 201 g/mol. The maximum atomic E-state index is 5.11. The second kappa shape index (κ2) is 3.89. The van der Waals surface area contributed by atoms with Crippen molar-refractivity contribution < 1.29 is 4.74 Å². The van der Waals surface area contributed by atoms with E-state index in [2.05, 4.69) is 49.7 Å². The zero-order valence-electron chi connectivity index (χ0n) is 9.10. The van der Waals surface area contributed by atoms with E-state index in [0.29, 0.717) is 11.7 Å². The van der Waals surface area contributed by atoms with Crippen molar-refractivity contribution in [1.29, 1.82) is 0 Å². The lowest BCUT2D eigenvalue weighted by atomic mass is 9.99. The normalized spacial score (nSPS) is 19.7. The van der Waals surface area contributed by atoms with Gasteiger partial charge in [-0.15, -0.1) is 0 Å². The molecule has 0 aromatic heterocycles. The van der Waals surface area contributed by atoms with Crippen LogP contribution in [-0.2, 0) is 4.74 Å². The fourth-order valence-electron chi connectivity index (χ4n) is 1.64. The summed E-state index contributed by atoms with van der Waals surface area (Å²) in [5.41, 5.74) is 2.48. The highest BCUT2D eigenvalue weighted by atomic mass is 16.5. The standard InChI is InChI=1S/C13H15NO/c1-9(2)11-4-6-12(7-5-11)13-10(3)15-8-14-13/h4-9,13H,3H2,1-2H3. The quantitative estimate of drug-likeness (QED) is 0.718. The van der Waals surface area contributed by atoms with Gasteiger partial charge in [-0.1, -0.05) is 44.7 Å². The summed E-state index contributed by atoms with van der Waals surface area (Å²) in [5, 5.41) is 0. The summed E-state index contributed by atoms with van der Waals surface area (Å²) in [7, 11) is 0. The average molecular weight is 201 g/mol. The van der Waals surface area contributed by atoms with E-state index >= 15 is 0 Å². The van der Waals surface area contributed by atoms with Crippen LogP contribution in [0.15, 0.2) is 41.6 Å². The SMILES string of the molecule is C=C1OC=NC1c1ccc(C(C)C)cc1. The highest BCUT2D eigenvalue weighted by Gasteiger charge is 2.19. The molecule has 0 radical (unpaired) electrons. The van der Waals surface area contributed by atoms with Crippen molar-refractivity contribution in [2.24, 2.45) is 4.99 Å². The van der Waals surface area contributed by atoms with Crippen LogP contribution in [0.4, 0.5) is 0 Å². The largest absolute Gasteiger partial charge is 0.448 e. The molecule has 1 heterocycles. The Morgan fingerprint density at radius 2 is 1.93 bits per heavy atom. The maximum Gasteiger partial charge on any atom is 0.177 e. The Labute approximate surface area is 90.3 Å². The second-order valence-corrected chi connectivity index (χ2v) is 4.06. The zero-order chi connectivity index (χ0) is 10.8. The predicted molar refractivity (Wildman–Crippen MR) is 62.0 cm³/mol. The molecule has 1 unspecified atom stereocenters. The molecule has 0 amide bonds. The van der Waals surface area contributed by atoms with Gasteiger partial charge < -0.3 is 4.74 Å². The van der Waals surface area contributed by atoms with Crippen molar-refractivity contribution in [1.82, 2.24) is 0 Å². The van der Waals surface area contributed by atoms with Crippen molar-refractivity contribution >= 4 is 6.40 Å².